The zero-order valence-corrected chi connectivity index (χ0v) is 10.6. The van der Waals surface area contributed by atoms with Crippen molar-refractivity contribution in [3.8, 4) is 0 Å². The lowest BCUT2D eigenvalue weighted by molar-refractivity contribution is 0.152. The molecule has 0 spiro atoms. The molecule has 0 radical (unpaired) electrons. The minimum absolute atomic E-state index is 0.229. The predicted molar refractivity (Wildman–Crippen MR) is 68.5 cm³/mol. The van der Waals surface area contributed by atoms with Gasteiger partial charge in [0.25, 0.3) is 0 Å². The topological polar surface area (TPSA) is 35.2 Å². The molecule has 0 aromatic heterocycles. The highest BCUT2D eigenvalue weighted by Crippen LogP contribution is 2.11. The van der Waals surface area contributed by atoms with Crippen LogP contribution < -0.4 is 5.73 Å². The lowest BCUT2D eigenvalue weighted by Gasteiger charge is -2.16. The summed E-state index contributed by atoms with van der Waals surface area (Å²) >= 11 is 0. The average Bonchev–Trinajstić information content (AvgIpc) is 2.17. The maximum Gasteiger partial charge on any atom is 0.0488 e. The normalized spacial score (nSPS) is 14.8. The zero-order valence-electron chi connectivity index (χ0n) is 10.6. The fourth-order valence-corrected chi connectivity index (χ4v) is 2.09. The molecule has 0 saturated carbocycles. The number of aryl methyl sites for hydroxylation is 1. The SMILES string of the molecule is COCC(C)CC(N)Cc1cccc(C)c1. The van der Waals surface area contributed by atoms with Gasteiger partial charge in [0.15, 0.2) is 0 Å². The summed E-state index contributed by atoms with van der Waals surface area (Å²) in [6.45, 7) is 5.09. The van der Waals surface area contributed by atoms with Crippen molar-refractivity contribution in [2.45, 2.75) is 32.7 Å². The molecular formula is C14H23NO. The van der Waals surface area contributed by atoms with E-state index in [1.54, 1.807) is 7.11 Å². The highest BCUT2D eigenvalue weighted by molar-refractivity contribution is 5.22. The largest absolute Gasteiger partial charge is 0.384 e. The number of rotatable bonds is 6. The molecule has 1 aromatic carbocycles. The Kier molecular flexibility index (Phi) is 5.50. The molecular weight excluding hydrogens is 198 g/mol. The molecule has 0 bridgehead atoms. The van der Waals surface area contributed by atoms with Crippen LogP contribution >= 0.6 is 0 Å². The Balaban J connectivity index is 2.42. The molecule has 0 heterocycles. The van der Waals surface area contributed by atoms with E-state index >= 15 is 0 Å². The maximum atomic E-state index is 6.13. The summed E-state index contributed by atoms with van der Waals surface area (Å²) in [4.78, 5) is 0. The maximum absolute atomic E-state index is 6.13. The Labute approximate surface area is 98.8 Å². The van der Waals surface area contributed by atoms with Crippen molar-refractivity contribution in [1.82, 2.24) is 0 Å². The number of hydrogen-bond acceptors (Lipinski definition) is 2. The quantitative estimate of drug-likeness (QED) is 0.801. The summed E-state index contributed by atoms with van der Waals surface area (Å²) in [6, 6.07) is 8.79. The first-order chi connectivity index (χ1) is 7.61. The van der Waals surface area contributed by atoms with E-state index in [4.69, 9.17) is 10.5 Å². The van der Waals surface area contributed by atoms with Gasteiger partial charge in [-0.3, -0.25) is 0 Å². The van der Waals surface area contributed by atoms with Crippen molar-refractivity contribution in [2.75, 3.05) is 13.7 Å². The molecule has 0 fully saturated rings. The number of methoxy groups -OCH3 is 1. The molecule has 1 rings (SSSR count). The lowest BCUT2D eigenvalue weighted by atomic mass is 9.97. The summed E-state index contributed by atoms with van der Waals surface area (Å²) < 4.78 is 5.12. The van der Waals surface area contributed by atoms with Crippen LogP contribution in [0, 0.1) is 12.8 Å². The van der Waals surface area contributed by atoms with E-state index in [1.165, 1.54) is 11.1 Å². The van der Waals surface area contributed by atoms with Crippen molar-refractivity contribution in [3.05, 3.63) is 35.4 Å². The summed E-state index contributed by atoms with van der Waals surface area (Å²) in [5.41, 5.74) is 8.76. The highest BCUT2D eigenvalue weighted by atomic mass is 16.5. The van der Waals surface area contributed by atoms with Gasteiger partial charge in [0.1, 0.15) is 0 Å². The van der Waals surface area contributed by atoms with Gasteiger partial charge in [-0.05, 0) is 31.2 Å². The summed E-state index contributed by atoms with van der Waals surface area (Å²) in [7, 11) is 1.74. The first-order valence-corrected chi connectivity index (χ1v) is 5.92. The monoisotopic (exact) mass is 221 g/mol. The number of ether oxygens (including phenoxy) is 1. The van der Waals surface area contributed by atoms with E-state index in [9.17, 15) is 0 Å². The van der Waals surface area contributed by atoms with Crippen molar-refractivity contribution >= 4 is 0 Å². The van der Waals surface area contributed by atoms with E-state index in [1.807, 2.05) is 0 Å². The van der Waals surface area contributed by atoms with Crippen LogP contribution in [0.2, 0.25) is 0 Å². The second-order valence-electron chi connectivity index (χ2n) is 4.75. The fourth-order valence-electron chi connectivity index (χ4n) is 2.09. The fraction of sp³-hybridized carbons (Fsp3) is 0.571. The van der Waals surface area contributed by atoms with E-state index in [-0.39, 0.29) is 6.04 Å². The highest BCUT2D eigenvalue weighted by Gasteiger charge is 2.09. The third-order valence-electron chi connectivity index (χ3n) is 2.74. The van der Waals surface area contributed by atoms with Crippen LogP contribution in [0.3, 0.4) is 0 Å². The van der Waals surface area contributed by atoms with Gasteiger partial charge in [0.2, 0.25) is 0 Å². The van der Waals surface area contributed by atoms with Gasteiger partial charge in [-0.25, -0.2) is 0 Å². The van der Waals surface area contributed by atoms with Gasteiger partial charge in [0, 0.05) is 19.8 Å². The summed E-state index contributed by atoms with van der Waals surface area (Å²) in [5.74, 6) is 0.532. The van der Waals surface area contributed by atoms with Crippen LogP contribution in [-0.2, 0) is 11.2 Å². The molecule has 0 aliphatic heterocycles. The predicted octanol–water partition coefficient (Wildman–Crippen LogP) is 2.54. The standard InChI is InChI=1S/C14H23NO/c1-11-5-4-6-13(7-11)9-14(15)8-12(2)10-16-3/h4-7,12,14H,8-10,15H2,1-3H3. The minimum atomic E-state index is 0.229. The molecule has 1 aromatic rings. The lowest BCUT2D eigenvalue weighted by Crippen LogP contribution is -2.26. The Morgan fingerprint density at radius 1 is 1.38 bits per heavy atom. The first-order valence-electron chi connectivity index (χ1n) is 5.92. The molecule has 2 atom stereocenters. The van der Waals surface area contributed by atoms with Gasteiger partial charge in [-0.2, -0.15) is 0 Å². The molecule has 0 aliphatic carbocycles. The summed E-state index contributed by atoms with van der Waals surface area (Å²) in [6.07, 6.45) is 1.97. The molecule has 2 heteroatoms. The van der Waals surface area contributed by atoms with Crippen LogP contribution in [0.25, 0.3) is 0 Å². The summed E-state index contributed by atoms with van der Waals surface area (Å²) in [5, 5.41) is 0. The smallest absolute Gasteiger partial charge is 0.0488 e. The zero-order chi connectivity index (χ0) is 12.0. The third kappa shape index (κ3) is 4.77. The van der Waals surface area contributed by atoms with E-state index < -0.39 is 0 Å². The Bertz CT molecular complexity index is 311. The van der Waals surface area contributed by atoms with Crippen LogP contribution in [-0.4, -0.2) is 19.8 Å². The molecule has 2 N–H and O–H groups in total. The van der Waals surface area contributed by atoms with Gasteiger partial charge >= 0.3 is 0 Å². The molecule has 0 aliphatic rings. The molecule has 0 amide bonds. The van der Waals surface area contributed by atoms with Gasteiger partial charge in [-0.1, -0.05) is 36.8 Å². The van der Waals surface area contributed by atoms with Crippen LogP contribution in [0.1, 0.15) is 24.5 Å². The van der Waals surface area contributed by atoms with Crippen molar-refractivity contribution in [3.63, 3.8) is 0 Å². The molecule has 2 nitrogen and oxygen atoms in total. The average molecular weight is 221 g/mol. The van der Waals surface area contributed by atoms with E-state index in [0.717, 1.165) is 19.4 Å². The van der Waals surface area contributed by atoms with E-state index in [0.29, 0.717) is 5.92 Å². The Hall–Kier alpha value is -0.860. The van der Waals surface area contributed by atoms with Crippen LogP contribution in [0.4, 0.5) is 0 Å². The second kappa shape index (κ2) is 6.66. The third-order valence-corrected chi connectivity index (χ3v) is 2.74. The number of nitrogens with two attached hydrogens (primary N) is 1. The van der Waals surface area contributed by atoms with Crippen LogP contribution in [0.15, 0.2) is 24.3 Å². The van der Waals surface area contributed by atoms with Gasteiger partial charge in [0.05, 0.1) is 0 Å². The number of benzene rings is 1. The molecule has 16 heavy (non-hydrogen) atoms. The van der Waals surface area contributed by atoms with Crippen LogP contribution in [0.5, 0.6) is 0 Å². The van der Waals surface area contributed by atoms with Gasteiger partial charge in [-0.15, -0.1) is 0 Å². The number of hydrogen-bond donors (Lipinski definition) is 1. The Morgan fingerprint density at radius 3 is 2.75 bits per heavy atom. The molecule has 0 saturated heterocycles. The molecule has 2 unspecified atom stereocenters. The second-order valence-corrected chi connectivity index (χ2v) is 4.75. The van der Waals surface area contributed by atoms with Crippen molar-refractivity contribution in [2.24, 2.45) is 11.7 Å². The van der Waals surface area contributed by atoms with Crippen molar-refractivity contribution in [1.29, 1.82) is 0 Å². The molecule has 90 valence electrons. The van der Waals surface area contributed by atoms with E-state index in [2.05, 4.69) is 38.1 Å². The first kappa shape index (κ1) is 13.2. The minimum Gasteiger partial charge on any atom is -0.384 e. The van der Waals surface area contributed by atoms with Gasteiger partial charge < -0.3 is 10.5 Å². The Morgan fingerprint density at radius 2 is 2.12 bits per heavy atom. The van der Waals surface area contributed by atoms with Crippen molar-refractivity contribution < 1.29 is 4.74 Å².